The second-order valence-electron chi connectivity index (χ2n) is 7.35. The molecule has 0 aliphatic carbocycles. The minimum atomic E-state index is -0.379. The lowest BCUT2D eigenvalue weighted by atomic mass is 10.0. The molecule has 0 bridgehead atoms. The summed E-state index contributed by atoms with van der Waals surface area (Å²) >= 11 is 0. The third-order valence-electron chi connectivity index (χ3n) is 5.01. The van der Waals surface area contributed by atoms with E-state index in [9.17, 15) is 14.4 Å². The molecule has 0 saturated carbocycles. The molecule has 1 N–H and O–H groups in total. The first kappa shape index (κ1) is 20.5. The highest BCUT2D eigenvalue weighted by Crippen LogP contribution is 2.19. The molecule has 3 aromatic rings. The summed E-state index contributed by atoms with van der Waals surface area (Å²) in [6.07, 6.45) is 5.05. The van der Waals surface area contributed by atoms with Crippen molar-refractivity contribution in [3.63, 3.8) is 0 Å². The number of aromatic nitrogens is 2. The summed E-state index contributed by atoms with van der Waals surface area (Å²) in [5, 5.41) is 0. The predicted molar refractivity (Wildman–Crippen MR) is 115 cm³/mol. The van der Waals surface area contributed by atoms with Crippen LogP contribution in [-0.2, 0) is 17.8 Å². The lowest BCUT2D eigenvalue weighted by molar-refractivity contribution is -0.118. The topological polar surface area (TPSA) is 71.9 Å². The largest absolute Gasteiger partial charge is 0.328 e. The van der Waals surface area contributed by atoms with Gasteiger partial charge in [0.05, 0.1) is 0 Å². The number of ketones is 1. The molecular formula is C24H26N2O3. The van der Waals surface area contributed by atoms with Gasteiger partial charge in [-0.2, -0.15) is 0 Å². The average molecular weight is 390 g/mol. The van der Waals surface area contributed by atoms with Crippen LogP contribution in [0.3, 0.4) is 0 Å². The van der Waals surface area contributed by atoms with Gasteiger partial charge in [-0.25, -0.2) is 4.79 Å². The van der Waals surface area contributed by atoms with Gasteiger partial charge >= 0.3 is 5.69 Å². The van der Waals surface area contributed by atoms with Crippen LogP contribution in [0.1, 0.15) is 36.8 Å². The van der Waals surface area contributed by atoms with Gasteiger partial charge in [-0.3, -0.25) is 14.6 Å². The molecule has 0 fully saturated rings. The molecule has 3 rings (SSSR count). The molecular weight excluding hydrogens is 364 g/mol. The van der Waals surface area contributed by atoms with Gasteiger partial charge in [0.2, 0.25) is 0 Å². The standard InChI is InChI=1S/C24H26N2O3/c1-18-17-26(24(29)25-23(18)28)15-7-3-6-10-22(27)16-19-11-13-21(14-12-19)20-8-4-2-5-9-20/h2,4-5,8-9,11-14,17H,3,6-7,10,15-16H2,1H3,(H,25,28,29). The van der Waals surface area contributed by atoms with Gasteiger partial charge in [-0.1, -0.05) is 61.0 Å². The zero-order valence-electron chi connectivity index (χ0n) is 16.7. The lowest BCUT2D eigenvalue weighted by Gasteiger charge is -2.06. The maximum Gasteiger partial charge on any atom is 0.328 e. The van der Waals surface area contributed by atoms with Crippen molar-refractivity contribution in [3.05, 3.63) is 92.8 Å². The molecule has 29 heavy (non-hydrogen) atoms. The van der Waals surface area contributed by atoms with E-state index in [1.54, 1.807) is 13.1 Å². The molecule has 2 aromatic carbocycles. The van der Waals surface area contributed by atoms with Crippen molar-refractivity contribution in [1.29, 1.82) is 0 Å². The Hall–Kier alpha value is -3.21. The van der Waals surface area contributed by atoms with Gasteiger partial charge < -0.3 is 4.57 Å². The number of Topliss-reactive ketones (excluding diaryl/α,β-unsaturated/α-hetero) is 1. The number of benzene rings is 2. The molecule has 1 aromatic heterocycles. The number of aryl methyl sites for hydroxylation is 2. The number of nitrogens with zero attached hydrogens (tertiary/aromatic N) is 1. The minimum absolute atomic E-state index is 0.231. The van der Waals surface area contributed by atoms with Gasteiger partial charge in [0, 0.05) is 31.1 Å². The van der Waals surface area contributed by atoms with Crippen LogP contribution < -0.4 is 11.2 Å². The molecule has 0 spiro atoms. The summed E-state index contributed by atoms with van der Waals surface area (Å²) in [4.78, 5) is 37.7. The van der Waals surface area contributed by atoms with E-state index in [2.05, 4.69) is 29.2 Å². The first-order valence-electron chi connectivity index (χ1n) is 9.99. The fourth-order valence-corrected chi connectivity index (χ4v) is 3.33. The van der Waals surface area contributed by atoms with Crippen LogP contribution in [0.25, 0.3) is 11.1 Å². The fraction of sp³-hybridized carbons (Fsp3) is 0.292. The van der Waals surface area contributed by atoms with E-state index < -0.39 is 0 Å². The number of carbonyl (C=O) groups is 1. The molecule has 1 heterocycles. The van der Waals surface area contributed by atoms with Crippen molar-refractivity contribution in [2.45, 2.75) is 45.6 Å². The van der Waals surface area contributed by atoms with Crippen LogP contribution in [0.2, 0.25) is 0 Å². The van der Waals surface area contributed by atoms with Crippen molar-refractivity contribution in [2.75, 3.05) is 0 Å². The third-order valence-corrected chi connectivity index (χ3v) is 5.01. The van der Waals surface area contributed by atoms with Gasteiger partial charge in [-0.05, 0) is 36.5 Å². The molecule has 5 nitrogen and oxygen atoms in total. The number of carbonyl (C=O) groups excluding carboxylic acids is 1. The van der Waals surface area contributed by atoms with Crippen LogP contribution in [0.15, 0.2) is 70.4 Å². The summed E-state index contributed by atoms with van der Waals surface area (Å²) in [5.74, 6) is 0.231. The Morgan fingerprint density at radius 3 is 2.31 bits per heavy atom. The SMILES string of the molecule is Cc1cn(CCCCCC(=O)Cc2ccc(-c3ccccc3)cc2)c(=O)[nH]c1=O. The van der Waals surface area contributed by atoms with Crippen molar-refractivity contribution in [1.82, 2.24) is 9.55 Å². The van der Waals surface area contributed by atoms with Crippen LogP contribution in [0.5, 0.6) is 0 Å². The Morgan fingerprint density at radius 2 is 1.59 bits per heavy atom. The normalized spacial score (nSPS) is 10.8. The van der Waals surface area contributed by atoms with Gasteiger partial charge in [-0.15, -0.1) is 0 Å². The number of rotatable bonds is 9. The monoisotopic (exact) mass is 390 g/mol. The number of hydrogen-bond acceptors (Lipinski definition) is 3. The summed E-state index contributed by atoms with van der Waals surface area (Å²) in [5.41, 5.74) is 3.16. The Balaban J connectivity index is 1.41. The van der Waals surface area contributed by atoms with Crippen LogP contribution in [0, 0.1) is 6.92 Å². The number of aromatic amines is 1. The summed E-state index contributed by atoms with van der Waals surface area (Å²) in [6.45, 7) is 2.23. The Kier molecular flexibility index (Phi) is 6.95. The van der Waals surface area contributed by atoms with E-state index in [1.807, 2.05) is 30.3 Å². The summed E-state index contributed by atoms with van der Waals surface area (Å²) < 4.78 is 1.52. The maximum absolute atomic E-state index is 12.2. The molecule has 0 aliphatic rings. The molecule has 5 heteroatoms. The smallest absolute Gasteiger partial charge is 0.300 e. The third kappa shape index (κ3) is 5.88. The molecule has 0 atom stereocenters. The summed E-state index contributed by atoms with van der Waals surface area (Å²) in [7, 11) is 0. The highest BCUT2D eigenvalue weighted by atomic mass is 16.2. The zero-order chi connectivity index (χ0) is 20.6. The van der Waals surface area contributed by atoms with Gasteiger partial charge in [0.25, 0.3) is 5.56 Å². The Bertz CT molecular complexity index is 1060. The lowest BCUT2D eigenvalue weighted by Crippen LogP contribution is -2.30. The molecule has 0 amide bonds. The number of nitrogens with one attached hydrogen (secondary N) is 1. The molecule has 0 unspecified atom stereocenters. The van der Waals surface area contributed by atoms with E-state index in [1.165, 1.54) is 10.1 Å². The highest BCUT2D eigenvalue weighted by Gasteiger charge is 2.05. The quantitative estimate of drug-likeness (QED) is 0.564. The molecule has 0 saturated heterocycles. The first-order valence-corrected chi connectivity index (χ1v) is 9.99. The molecule has 0 aliphatic heterocycles. The fourth-order valence-electron chi connectivity index (χ4n) is 3.33. The van der Waals surface area contributed by atoms with Crippen molar-refractivity contribution >= 4 is 5.78 Å². The Labute approximate surface area is 170 Å². The van der Waals surface area contributed by atoms with Crippen molar-refractivity contribution in [3.8, 4) is 11.1 Å². The van der Waals surface area contributed by atoms with Gasteiger partial charge in [0.1, 0.15) is 5.78 Å². The second kappa shape index (κ2) is 9.82. The number of H-pyrrole nitrogens is 1. The molecule has 150 valence electrons. The average Bonchev–Trinajstić information content (AvgIpc) is 2.72. The maximum atomic E-state index is 12.2. The van der Waals surface area contributed by atoms with Gasteiger partial charge in [0.15, 0.2) is 0 Å². The van der Waals surface area contributed by atoms with E-state index in [0.717, 1.165) is 30.4 Å². The highest BCUT2D eigenvalue weighted by molar-refractivity contribution is 5.81. The van der Waals surface area contributed by atoms with E-state index in [-0.39, 0.29) is 17.0 Å². The first-order chi connectivity index (χ1) is 14.0. The molecule has 0 radical (unpaired) electrons. The summed E-state index contributed by atoms with van der Waals surface area (Å²) in [6, 6.07) is 18.3. The zero-order valence-corrected chi connectivity index (χ0v) is 16.7. The van der Waals surface area contributed by atoms with E-state index >= 15 is 0 Å². The van der Waals surface area contributed by atoms with Crippen LogP contribution in [-0.4, -0.2) is 15.3 Å². The number of hydrogen-bond donors (Lipinski definition) is 1. The van der Waals surface area contributed by atoms with E-state index in [0.29, 0.717) is 24.9 Å². The van der Waals surface area contributed by atoms with Crippen molar-refractivity contribution < 1.29 is 4.79 Å². The second-order valence-corrected chi connectivity index (χ2v) is 7.35. The predicted octanol–water partition coefficient (Wildman–Crippen LogP) is 3.88. The minimum Gasteiger partial charge on any atom is -0.300 e. The van der Waals surface area contributed by atoms with E-state index in [4.69, 9.17) is 0 Å². The van der Waals surface area contributed by atoms with Crippen LogP contribution in [0.4, 0.5) is 0 Å². The van der Waals surface area contributed by atoms with Crippen LogP contribution >= 0.6 is 0 Å². The Morgan fingerprint density at radius 1 is 0.897 bits per heavy atom. The number of unbranched alkanes of at least 4 members (excludes halogenated alkanes) is 2. The van der Waals surface area contributed by atoms with Crippen molar-refractivity contribution in [2.24, 2.45) is 0 Å².